The summed E-state index contributed by atoms with van der Waals surface area (Å²) in [7, 11) is 0. The number of thiophene rings is 1. The van der Waals surface area contributed by atoms with Crippen LogP contribution in [0.4, 0.5) is 0 Å². The summed E-state index contributed by atoms with van der Waals surface area (Å²) in [6, 6.07) is 13.4. The highest BCUT2D eigenvalue weighted by atomic mass is 32.1. The van der Waals surface area contributed by atoms with Crippen molar-refractivity contribution < 1.29 is 4.74 Å². The largest absolute Gasteiger partial charge is 0.493 e. The van der Waals surface area contributed by atoms with E-state index in [0.29, 0.717) is 6.04 Å². The number of hydrogen-bond acceptors (Lipinski definition) is 3. The van der Waals surface area contributed by atoms with Gasteiger partial charge in [0.25, 0.3) is 0 Å². The summed E-state index contributed by atoms with van der Waals surface area (Å²) in [5.41, 5.74) is 1.38. The molecule has 1 aromatic heterocycles. The van der Waals surface area contributed by atoms with E-state index in [2.05, 4.69) is 60.9 Å². The third kappa shape index (κ3) is 5.90. The first-order chi connectivity index (χ1) is 10.3. The van der Waals surface area contributed by atoms with Crippen LogP contribution in [0.1, 0.15) is 30.7 Å². The summed E-state index contributed by atoms with van der Waals surface area (Å²) in [6.07, 6.45) is 3.27. The van der Waals surface area contributed by atoms with E-state index in [1.54, 1.807) is 11.3 Å². The molecule has 2 aromatic rings. The Kier molecular flexibility index (Phi) is 6.77. The SMILES string of the molecule is CCNC(C)CCc1ccc(OCCc2cccs2)cc1. The predicted octanol–water partition coefficient (Wildman–Crippen LogP) is 4.30. The fourth-order valence-corrected chi connectivity index (χ4v) is 3.00. The molecule has 0 fully saturated rings. The lowest BCUT2D eigenvalue weighted by molar-refractivity contribution is 0.323. The molecule has 0 spiro atoms. The minimum Gasteiger partial charge on any atom is -0.493 e. The number of hydrogen-bond donors (Lipinski definition) is 1. The van der Waals surface area contributed by atoms with E-state index in [1.807, 2.05) is 0 Å². The summed E-state index contributed by atoms with van der Waals surface area (Å²) >= 11 is 1.79. The van der Waals surface area contributed by atoms with Crippen molar-refractivity contribution in [3.63, 3.8) is 0 Å². The van der Waals surface area contributed by atoms with Crippen molar-refractivity contribution in [2.24, 2.45) is 0 Å². The average Bonchev–Trinajstić information content (AvgIpc) is 3.00. The van der Waals surface area contributed by atoms with E-state index in [0.717, 1.165) is 31.7 Å². The zero-order valence-corrected chi connectivity index (χ0v) is 13.8. The Morgan fingerprint density at radius 2 is 1.95 bits per heavy atom. The Bertz CT molecular complexity index is 492. The second-order valence-electron chi connectivity index (χ2n) is 5.32. The summed E-state index contributed by atoms with van der Waals surface area (Å²) in [5, 5.41) is 5.55. The van der Waals surface area contributed by atoms with Gasteiger partial charge in [-0.05, 0) is 55.5 Å². The minimum absolute atomic E-state index is 0.580. The molecule has 0 aliphatic carbocycles. The van der Waals surface area contributed by atoms with E-state index in [1.165, 1.54) is 16.9 Å². The number of aryl methyl sites for hydroxylation is 1. The average molecular weight is 303 g/mol. The Hall–Kier alpha value is -1.32. The summed E-state index contributed by atoms with van der Waals surface area (Å²) < 4.78 is 5.79. The van der Waals surface area contributed by atoms with Crippen LogP contribution >= 0.6 is 11.3 Å². The van der Waals surface area contributed by atoms with Crippen LogP contribution in [0.15, 0.2) is 41.8 Å². The maximum absolute atomic E-state index is 5.79. The number of rotatable bonds is 9. The Balaban J connectivity index is 1.71. The van der Waals surface area contributed by atoms with Crippen LogP contribution in [0, 0.1) is 0 Å². The molecule has 2 rings (SSSR count). The van der Waals surface area contributed by atoms with Gasteiger partial charge in [0.1, 0.15) is 5.75 Å². The smallest absolute Gasteiger partial charge is 0.119 e. The predicted molar refractivity (Wildman–Crippen MR) is 91.4 cm³/mol. The van der Waals surface area contributed by atoms with Gasteiger partial charge in [0.15, 0.2) is 0 Å². The molecule has 1 unspecified atom stereocenters. The van der Waals surface area contributed by atoms with E-state index < -0.39 is 0 Å². The van der Waals surface area contributed by atoms with Crippen LogP contribution in [0.5, 0.6) is 5.75 Å². The molecule has 0 amide bonds. The first kappa shape index (κ1) is 16.1. The molecule has 1 atom stereocenters. The van der Waals surface area contributed by atoms with Crippen molar-refractivity contribution in [1.82, 2.24) is 5.32 Å². The van der Waals surface area contributed by atoms with Crippen molar-refractivity contribution in [3.8, 4) is 5.75 Å². The number of ether oxygens (including phenoxy) is 1. The lowest BCUT2D eigenvalue weighted by Crippen LogP contribution is -2.25. The van der Waals surface area contributed by atoms with Crippen LogP contribution in [0.25, 0.3) is 0 Å². The highest BCUT2D eigenvalue weighted by molar-refractivity contribution is 7.09. The standard InChI is InChI=1S/C18H25NOS/c1-3-19-15(2)6-7-16-8-10-17(11-9-16)20-13-12-18-5-4-14-21-18/h4-5,8-11,14-15,19H,3,6-7,12-13H2,1-2H3. The van der Waals surface area contributed by atoms with Gasteiger partial charge in [0.05, 0.1) is 6.61 Å². The van der Waals surface area contributed by atoms with Crippen molar-refractivity contribution in [2.75, 3.05) is 13.2 Å². The quantitative estimate of drug-likeness (QED) is 0.745. The highest BCUT2D eigenvalue weighted by Crippen LogP contribution is 2.15. The van der Waals surface area contributed by atoms with Gasteiger partial charge in [-0.2, -0.15) is 0 Å². The lowest BCUT2D eigenvalue weighted by Gasteiger charge is -2.12. The van der Waals surface area contributed by atoms with E-state index in [4.69, 9.17) is 4.74 Å². The van der Waals surface area contributed by atoms with Crippen molar-refractivity contribution in [2.45, 2.75) is 39.2 Å². The lowest BCUT2D eigenvalue weighted by atomic mass is 10.1. The van der Waals surface area contributed by atoms with Crippen LogP contribution in [-0.4, -0.2) is 19.2 Å². The second kappa shape index (κ2) is 8.85. The Morgan fingerprint density at radius 3 is 2.62 bits per heavy atom. The molecule has 1 aromatic carbocycles. The fraction of sp³-hybridized carbons (Fsp3) is 0.444. The van der Waals surface area contributed by atoms with Gasteiger partial charge in [-0.15, -0.1) is 11.3 Å². The molecule has 0 aliphatic heterocycles. The summed E-state index contributed by atoms with van der Waals surface area (Å²) in [4.78, 5) is 1.38. The summed E-state index contributed by atoms with van der Waals surface area (Å²) in [5.74, 6) is 0.968. The molecule has 0 bridgehead atoms. The first-order valence-corrected chi connectivity index (χ1v) is 8.63. The minimum atomic E-state index is 0.580. The third-order valence-electron chi connectivity index (χ3n) is 3.54. The van der Waals surface area contributed by atoms with E-state index in [9.17, 15) is 0 Å². The van der Waals surface area contributed by atoms with Gasteiger partial charge in [0.2, 0.25) is 0 Å². The molecule has 3 heteroatoms. The second-order valence-corrected chi connectivity index (χ2v) is 6.35. The highest BCUT2D eigenvalue weighted by Gasteiger charge is 2.01. The monoisotopic (exact) mass is 303 g/mol. The van der Waals surface area contributed by atoms with E-state index in [-0.39, 0.29) is 0 Å². The van der Waals surface area contributed by atoms with Gasteiger partial charge in [-0.3, -0.25) is 0 Å². The first-order valence-electron chi connectivity index (χ1n) is 7.75. The Labute approximate surface area is 132 Å². The molecular formula is C18H25NOS. The maximum Gasteiger partial charge on any atom is 0.119 e. The van der Waals surface area contributed by atoms with Gasteiger partial charge >= 0.3 is 0 Å². The molecule has 1 heterocycles. The molecular weight excluding hydrogens is 278 g/mol. The van der Waals surface area contributed by atoms with Crippen LogP contribution in [-0.2, 0) is 12.8 Å². The van der Waals surface area contributed by atoms with E-state index >= 15 is 0 Å². The third-order valence-corrected chi connectivity index (χ3v) is 4.48. The van der Waals surface area contributed by atoms with Crippen LogP contribution < -0.4 is 10.1 Å². The van der Waals surface area contributed by atoms with Crippen LogP contribution in [0.3, 0.4) is 0 Å². The molecule has 2 nitrogen and oxygen atoms in total. The molecule has 0 radical (unpaired) electrons. The fourth-order valence-electron chi connectivity index (χ4n) is 2.31. The zero-order valence-electron chi connectivity index (χ0n) is 13.0. The molecule has 21 heavy (non-hydrogen) atoms. The molecule has 0 saturated heterocycles. The number of nitrogens with one attached hydrogen (secondary N) is 1. The van der Waals surface area contributed by atoms with Gasteiger partial charge < -0.3 is 10.1 Å². The molecule has 0 saturated carbocycles. The van der Waals surface area contributed by atoms with Crippen molar-refractivity contribution >= 4 is 11.3 Å². The van der Waals surface area contributed by atoms with Crippen molar-refractivity contribution in [1.29, 1.82) is 0 Å². The normalized spacial score (nSPS) is 12.3. The van der Waals surface area contributed by atoms with Gasteiger partial charge in [-0.1, -0.05) is 25.1 Å². The molecule has 0 aliphatic rings. The van der Waals surface area contributed by atoms with Gasteiger partial charge in [0, 0.05) is 17.3 Å². The van der Waals surface area contributed by atoms with Crippen LogP contribution in [0.2, 0.25) is 0 Å². The summed E-state index contributed by atoms with van der Waals surface area (Å²) in [6.45, 7) is 6.18. The molecule has 1 N–H and O–H groups in total. The molecule has 114 valence electrons. The maximum atomic E-state index is 5.79. The zero-order chi connectivity index (χ0) is 14.9. The van der Waals surface area contributed by atoms with Gasteiger partial charge in [-0.25, -0.2) is 0 Å². The van der Waals surface area contributed by atoms with Crippen molar-refractivity contribution in [3.05, 3.63) is 52.2 Å². The topological polar surface area (TPSA) is 21.3 Å². The Morgan fingerprint density at radius 1 is 1.14 bits per heavy atom. The number of benzene rings is 1.